The zero-order valence-corrected chi connectivity index (χ0v) is 8.79. The Morgan fingerprint density at radius 3 is 2.82 bits per heavy atom. The number of rotatable bonds is 0. The summed E-state index contributed by atoms with van der Waals surface area (Å²) in [5, 5.41) is 0. The van der Waals surface area contributed by atoms with E-state index < -0.39 is 6.19 Å². The first-order valence-electron chi connectivity index (χ1n) is 3.84. The predicted molar refractivity (Wildman–Crippen MR) is 54.7 cm³/mol. The van der Waals surface area contributed by atoms with Crippen LogP contribution in [0.5, 0.6) is 0 Å². The first-order chi connectivity index (χ1) is 5.08. The zero-order valence-electron chi connectivity index (χ0n) is 7.08. The minimum Gasteiger partial charge on any atom is -0.264 e. The average Bonchev–Trinajstić information content (AvgIpc) is 1.95. The molecule has 0 N–H and O–H groups in total. The SMILES string of the molecule is C#CC1CCCP(C)(=S)N1C. The highest BCUT2D eigenvalue weighted by Gasteiger charge is 2.27. The fraction of sp³-hybridized carbons (Fsp3) is 0.750. The van der Waals surface area contributed by atoms with Crippen LogP contribution in [0.15, 0.2) is 0 Å². The molecular weight excluding hydrogens is 173 g/mol. The van der Waals surface area contributed by atoms with Gasteiger partial charge in [0.15, 0.2) is 0 Å². The quantitative estimate of drug-likeness (QED) is 0.420. The summed E-state index contributed by atoms with van der Waals surface area (Å²) < 4.78 is 2.24. The summed E-state index contributed by atoms with van der Waals surface area (Å²) in [7, 11) is 2.07. The molecule has 1 nitrogen and oxygen atoms in total. The maximum atomic E-state index is 5.50. The van der Waals surface area contributed by atoms with Crippen molar-refractivity contribution in [1.82, 2.24) is 4.67 Å². The van der Waals surface area contributed by atoms with Crippen molar-refractivity contribution in [2.24, 2.45) is 0 Å². The van der Waals surface area contributed by atoms with Gasteiger partial charge in [-0.2, -0.15) is 0 Å². The Morgan fingerprint density at radius 2 is 2.36 bits per heavy atom. The smallest absolute Gasteiger partial charge is 0.0748 e. The molecular formula is C8H14NPS. The third-order valence-corrected chi connectivity index (χ3v) is 6.44. The fourth-order valence-corrected chi connectivity index (χ4v) is 3.99. The van der Waals surface area contributed by atoms with Crippen molar-refractivity contribution < 1.29 is 0 Å². The predicted octanol–water partition coefficient (Wildman–Crippen LogP) is 1.74. The summed E-state index contributed by atoms with van der Waals surface area (Å²) in [5.74, 6) is 2.80. The first kappa shape index (κ1) is 9.26. The van der Waals surface area contributed by atoms with E-state index in [2.05, 4.69) is 24.3 Å². The molecule has 3 heteroatoms. The van der Waals surface area contributed by atoms with Crippen LogP contribution in [0, 0.1) is 12.3 Å². The molecule has 0 saturated carbocycles. The van der Waals surface area contributed by atoms with Gasteiger partial charge in [0, 0.05) is 6.19 Å². The number of nitrogens with zero attached hydrogens (tertiary/aromatic N) is 1. The van der Waals surface area contributed by atoms with Crippen molar-refractivity contribution in [2.45, 2.75) is 18.9 Å². The van der Waals surface area contributed by atoms with E-state index in [-0.39, 0.29) is 0 Å². The van der Waals surface area contributed by atoms with E-state index in [1.54, 1.807) is 0 Å². The van der Waals surface area contributed by atoms with E-state index in [0.29, 0.717) is 6.04 Å². The first-order valence-corrected chi connectivity index (χ1v) is 7.22. The molecule has 1 aliphatic rings. The standard InChI is InChI=1S/C8H14NPS/c1-4-8-6-5-7-10(3,11)9(8)2/h1,8H,5-7H2,2-3H3. The van der Waals surface area contributed by atoms with Gasteiger partial charge in [0.05, 0.1) is 6.04 Å². The fourth-order valence-electron chi connectivity index (χ4n) is 1.41. The van der Waals surface area contributed by atoms with Gasteiger partial charge in [0.25, 0.3) is 0 Å². The zero-order chi connectivity index (χ0) is 8.48. The van der Waals surface area contributed by atoms with Crippen molar-refractivity contribution >= 4 is 18.0 Å². The lowest BCUT2D eigenvalue weighted by atomic mass is 10.2. The summed E-state index contributed by atoms with van der Waals surface area (Å²) in [6.07, 6.45) is 7.70. The molecule has 62 valence electrons. The lowest BCUT2D eigenvalue weighted by Gasteiger charge is -2.37. The summed E-state index contributed by atoms with van der Waals surface area (Å²) in [6, 6.07) is 0.305. The van der Waals surface area contributed by atoms with Crippen molar-refractivity contribution in [3.63, 3.8) is 0 Å². The second-order valence-electron chi connectivity index (χ2n) is 3.17. The van der Waals surface area contributed by atoms with Crippen LogP contribution in [0.4, 0.5) is 0 Å². The van der Waals surface area contributed by atoms with Crippen LogP contribution in [-0.4, -0.2) is 30.6 Å². The molecule has 0 aromatic rings. The monoisotopic (exact) mass is 187 g/mol. The Morgan fingerprint density at radius 1 is 1.73 bits per heavy atom. The van der Waals surface area contributed by atoms with Crippen LogP contribution >= 0.6 is 6.19 Å². The highest BCUT2D eigenvalue weighted by molar-refractivity contribution is 8.13. The molecule has 0 aromatic carbocycles. The number of hydrogen-bond acceptors (Lipinski definition) is 1. The third-order valence-electron chi connectivity index (χ3n) is 2.36. The number of hydrogen-bond donors (Lipinski definition) is 0. The van der Waals surface area contributed by atoms with Gasteiger partial charge in [-0.1, -0.05) is 17.7 Å². The van der Waals surface area contributed by atoms with Crippen LogP contribution < -0.4 is 0 Å². The van der Waals surface area contributed by atoms with E-state index in [9.17, 15) is 0 Å². The second-order valence-corrected chi connectivity index (χ2v) is 8.71. The van der Waals surface area contributed by atoms with E-state index in [4.69, 9.17) is 18.2 Å². The summed E-state index contributed by atoms with van der Waals surface area (Å²) in [5.41, 5.74) is 0. The molecule has 1 saturated heterocycles. The molecule has 1 rings (SSSR count). The Kier molecular flexibility index (Phi) is 2.75. The van der Waals surface area contributed by atoms with Crippen molar-refractivity contribution in [3.05, 3.63) is 0 Å². The van der Waals surface area contributed by atoms with Crippen molar-refractivity contribution in [1.29, 1.82) is 0 Å². The summed E-state index contributed by atoms with van der Waals surface area (Å²) >= 11 is 5.50. The van der Waals surface area contributed by atoms with Gasteiger partial charge in [-0.25, -0.2) is 0 Å². The lowest BCUT2D eigenvalue weighted by Crippen LogP contribution is -2.32. The van der Waals surface area contributed by atoms with Crippen molar-refractivity contribution in [2.75, 3.05) is 19.9 Å². The molecule has 0 radical (unpaired) electrons. The van der Waals surface area contributed by atoms with E-state index in [1.807, 2.05) is 0 Å². The van der Waals surface area contributed by atoms with E-state index >= 15 is 0 Å². The van der Waals surface area contributed by atoms with Gasteiger partial charge < -0.3 is 0 Å². The summed E-state index contributed by atoms with van der Waals surface area (Å²) in [6.45, 7) is 2.19. The van der Waals surface area contributed by atoms with Crippen LogP contribution in [0.1, 0.15) is 12.8 Å². The molecule has 0 spiro atoms. The minimum absolute atomic E-state index is 0.305. The molecule has 1 aliphatic heterocycles. The van der Waals surface area contributed by atoms with E-state index in [0.717, 1.165) is 6.42 Å². The summed E-state index contributed by atoms with van der Waals surface area (Å²) in [4.78, 5) is 0. The van der Waals surface area contributed by atoms with Gasteiger partial charge in [0.1, 0.15) is 0 Å². The topological polar surface area (TPSA) is 3.24 Å². The maximum absolute atomic E-state index is 5.50. The molecule has 0 aromatic heterocycles. The van der Waals surface area contributed by atoms with Gasteiger partial charge >= 0.3 is 0 Å². The van der Waals surface area contributed by atoms with Crippen LogP contribution in [0.25, 0.3) is 0 Å². The highest BCUT2D eigenvalue weighted by Crippen LogP contribution is 2.50. The van der Waals surface area contributed by atoms with E-state index in [1.165, 1.54) is 12.6 Å². The molecule has 11 heavy (non-hydrogen) atoms. The normalized spacial score (nSPS) is 39.9. The number of terminal acetylenes is 1. The van der Waals surface area contributed by atoms with Crippen LogP contribution in [0.3, 0.4) is 0 Å². The Bertz CT molecular complexity index is 231. The highest BCUT2D eigenvalue weighted by atomic mass is 32.4. The largest absolute Gasteiger partial charge is 0.264 e. The third kappa shape index (κ3) is 1.85. The van der Waals surface area contributed by atoms with Gasteiger partial charge in [-0.15, -0.1) is 6.42 Å². The molecule has 0 amide bonds. The molecule has 0 aliphatic carbocycles. The maximum Gasteiger partial charge on any atom is 0.0748 e. The molecule has 0 bridgehead atoms. The Hall–Kier alpha value is 0.170. The minimum atomic E-state index is -1.23. The average molecular weight is 187 g/mol. The molecule has 1 heterocycles. The van der Waals surface area contributed by atoms with Crippen LogP contribution in [-0.2, 0) is 11.8 Å². The van der Waals surface area contributed by atoms with Crippen molar-refractivity contribution in [3.8, 4) is 12.3 Å². The van der Waals surface area contributed by atoms with Crippen LogP contribution in [0.2, 0.25) is 0 Å². The Labute approximate surface area is 74.2 Å². The van der Waals surface area contributed by atoms with Gasteiger partial charge in [-0.3, -0.25) is 4.67 Å². The molecule has 2 atom stereocenters. The van der Waals surface area contributed by atoms with Gasteiger partial charge in [-0.05, 0) is 32.7 Å². The molecule has 2 unspecified atom stereocenters. The second kappa shape index (κ2) is 3.27. The van der Waals surface area contributed by atoms with Gasteiger partial charge in [0.2, 0.25) is 0 Å². The molecule has 1 fully saturated rings. The lowest BCUT2D eigenvalue weighted by molar-refractivity contribution is 0.423. The Balaban J connectivity index is 2.78.